The number of rotatable bonds is 4. The van der Waals surface area contributed by atoms with Crippen LogP contribution in [0, 0.1) is 12.3 Å². The SMILES string of the molecule is C#CCN1CCN(C(=O)c2ccccc2NCC)CC1. The topological polar surface area (TPSA) is 35.6 Å². The van der Waals surface area contributed by atoms with Gasteiger partial charge in [-0.3, -0.25) is 9.69 Å². The number of amides is 1. The van der Waals surface area contributed by atoms with Crippen LogP contribution in [0.1, 0.15) is 17.3 Å². The highest BCUT2D eigenvalue weighted by Crippen LogP contribution is 2.18. The second-order valence-corrected chi connectivity index (χ2v) is 4.85. The van der Waals surface area contributed by atoms with Crippen LogP contribution in [0.15, 0.2) is 24.3 Å². The minimum atomic E-state index is 0.0990. The molecule has 0 unspecified atom stereocenters. The molecule has 0 aromatic heterocycles. The highest BCUT2D eigenvalue weighted by Gasteiger charge is 2.23. The molecule has 1 aliphatic heterocycles. The van der Waals surface area contributed by atoms with Gasteiger partial charge in [-0.05, 0) is 19.1 Å². The molecule has 1 aromatic carbocycles. The van der Waals surface area contributed by atoms with E-state index in [-0.39, 0.29) is 5.91 Å². The van der Waals surface area contributed by atoms with Crippen LogP contribution in [-0.2, 0) is 0 Å². The first kappa shape index (κ1) is 14.4. The maximum atomic E-state index is 12.6. The number of carbonyl (C=O) groups is 1. The average molecular weight is 271 g/mol. The maximum absolute atomic E-state index is 12.6. The van der Waals surface area contributed by atoms with Gasteiger partial charge >= 0.3 is 0 Å². The van der Waals surface area contributed by atoms with Gasteiger partial charge in [-0.2, -0.15) is 0 Å². The second-order valence-electron chi connectivity index (χ2n) is 4.85. The van der Waals surface area contributed by atoms with Crippen molar-refractivity contribution in [3.05, 3.63) is 29.8 Å². The van der Waals surface area contributed by atoms with Crippen LogP contribution in [-0.4, -0.2) is 55.0 Å². The number of piperazine rings is 1. The van der Waals surface area contributed by atoms with E-state index in [0.717, 1.165) is 44.0 Å². The predicted octanol–water partition coefficient (Wildman–Crippen LogP) is 1.51. The fraction of sp³-hybridized carbons (Fsp3) is 0.438. The normalized spacial score (nSPS) is 15.7. The Labute approximate surface area is 120 Å². The Bertz CT molecular complexity index is 499. The molecule has 4 heteroatoms. The molecule has 1 heterocycles. The monoisotopic (exact) mass is 271 g/mol. The Morgan fingerprint density at radius 2 is 2.00 bits per heavy atom. The van der Waals surface area contributed by atoms with E-state index in [1.165, 1.54) is 0 Å². The van der Waals surface area contributed by atoms with Gasteiger partial charge < -0.3 is 10.2 Å². The first-order valence-corrected chi connectivity index (χ1v) is 7.04. The lowest BCUT2D eigenvalue weighted by Gasteiger charge is -2.34. The molecule has 0 saturated carbocycles. The number of carbonyl (C=O) groups excluding carboxylic acids is 1. The molecule has 20 heavy (non-hydrogen) atoms. The van der Waals surface area contributed by atoms with E-state index in [9.17, 15) is 4.79 Å². The largest absolute Gasteiger partial charge is 0.385 e. The van der Waals surface area contributed by atoms with Gasteiger partial charge in [0.05, 0.1) is 12.1 Å². The summed E-state index contributed by atoms with van der Waals surface area (Å²) in [6.07, 6.45) is 5.32. The molecule has 0 atom stereocenters. The fourth-order valence-corrected chi connectivity index (χ4v) is 2.42. The highest BCUT2D eigenvalue weighted by atomic mass is 16.2. The van der Waals surface area contributed by atoms with Crippen LogP contribution in [0.2, 0.25) is 0 Å². The number of anilines is 1. The lowest BCUT2D eigenvalue weighted by Crippen LogP contribution is -2.48. The highest BCUT2D eigenvalue weighted by molar-refractivity contribution is 5.99. The van der Waals surface area contributed by atoms with Crippen molar-refractivity contribution in [1.82, 2.24) is 9.80 Å². The molecule has 106 valence electrons. The van der Waals surface area contributed by atoms with Crippen LogP contribution >= 0.6 is 0 Å². The molecule has 1 fully saturated rings. The van der Waals surface area contributed by atoms with Crippen LogP contribution in [0.25, 0.3) is 0 Å². The summed E-state index contributed by atoms with van der Waals surface area (Å²) in [5.41, 5.74) is 1.66. The molecule has 4 nitrogen and oxygen atoms in total. The standard InChI is InChI=1S/C16H21N3O/c1-3-9-18-10-12-19(13-11-18)16(20)14-7-5-6-8-15(14)17-4-2/h1,5-8,17H,4,9-13H2,2H3. The quantitative estimate of drug-likeness (QED) is 0.843. The van der Waals surface area contributed by atoms with Crippen molar-refractivity contribution in [2.75, 3.05) is 44.6 Å². The molecule has 1 aromatic rings. The van der Waals surface area contributed by atoms with Gasteiger partial charge in [0.25, 0.3) is 5.91 Å². The minimum Gasteiger partial charge on any atom is -0.385 e. The lowest BCUT2D eigenvalue weighted by molar-refractivity contribution is 0.0653. The average Bonchev–Trinajstić information content (AvgIpc) is 2.49. The van der Waals surface area contributed by atoms with Gasteiger partial charge in [-0.1, -0.05) is 18.1 Å². The number of para-hydroxylation sites is 1. The summed E-state index contributed by atoms with van der Waals surface area (Å²) < 4.78 is 0. The Kier molecular flexibility index (Phi) is 5.03. The Hall–Kier alpha value is -1.99. The van der Waals surface area contributed by atoms with Crippen molar-refractivity contribution < 1.29 is 4.79 Å². The third-order valence-corrected chi connectivity index (χ3v) is 3.50. The van der Waals surface area contributed by atoms with Crippen molar-refractivity contribution in [2.24, 2.45) is 0 Å². The van der Waals surface area contributed by atoms with Gasteiger partial charge in [-0.15, -0.1) is 6.42 Å². The number of nitrogens with zero attached hydrogens (tertiary/aromatic N) is 2. The summed E-state index contributed by atoms with van der Waals surface area (Å²) in [4.78, 5) is 16.7. The predicted molar refractivity (Wildman–Crippen MR) is 81.8 cm³/mol. The van der Waals surface area contributed by atoms with Crippen molar-refractivity contribution >= 4 is 11.6 Å². The molecule has 2 rings (SSSR count). The van der Waals surface area contributed by atoms with Gasteiger partial charge in [0, 0.05) is 38.4 Å². The van der Waals surface area contributed by atoms with E-state index < -0.39 is 0 Å². The number of hydrogen-bond donors (Lipinski definition) is 1. The number of benzene rings is 1. The summed E-state index contributed by atoms with van der Waals surface area (Å²) in [5.74, 6) is 2.75. The first-order chi connectivity index (χ1) is 9.76. The molecular weight excluding hydrogens is 250 g/mol. The van der Waals surface area contributed by atoms with Crippen molar-refractivity contribution in [3.8, 4) is 12.3 Å². The zero-order valence-electron chi connectivity index (χ0n) is 11.9. The summed E-state index contributed by atoms with van der Waals surface area (Å²) in [6, 6.07) is 7.68. The number of terminal acetylenes is 1. The zero-order valence-corrected chi connectivity index (χ0v) is 11.9. The van der Waals surface area contributed by atoms with Crippen LogP contribution < -0.4 is 5.32 Å². The van der Waals surface area contributed by atoms with E-state index in [1.807, 2.05) is 36.1 Å². The molecular formula is C16H21N3O. The van der Waals surface area contributed by atoms with E-state index in [4.69, 9.17) is 6.42 Å². The number of hydrogen-bond acceptors (Lipinski definition) is 3. The third kappa shape index (κ3) is 3.31. The van der Waals surface area contributed by atoms with Gasteiger partial charge in [0.1, 0.15) is 0 Å². The van der Waals surface area contributed by atoms with E-state index in [0.29, 0.717) is 6.54 Å². The lowest BCUT2D eigenvalue weighted by atomic mass is 10.1. The van der Waals surface area contributed by atoms with Gasteiger partial charge in [0.15, 0.2) is 0 Å². The minimum absolute atomic E-state index is 0.0990. The van der Waals surface area contributed by atoms with Crippen LogP contribution in [0.4, 0.5) is 5.69 Å². The van der Waals surface area contributed by atoms with Crippen molar-refractivity contribution in [3.63, 3.8) is 0 Å². The smallest absolute Gasteiger partial charge is 0.256 e. The molecule has 0 radical (unpaired) electrons. The molecule has 1 saturated heterocycles. The molecule has 0 aliphatic carbocycles. The molecule has 1 N–H and O–H groups in total. The maximum Gasteiger partial charge on any atom is 0.256 e. The Morgan fingerprint density at radius 1 is 1.30 bits per heavy atom. The molecule has 1 amide bonds. The van der Waals surface area contributed by atoms with E-state index >= 15 is 0 Å². The van der Waals surface area contributed by atoms with Crippen LogP contribution in [0.5, 0.6) is 0 Å². The fourth-order valence-electron chi connectivity index (χ4n) is 2.42. The van der Waals surface area contributed by atoms with Crippen molar-refractivity contribution in [2.45, 2.75) is 6.92 Å². The molecule has 1 aliphatic rings. The van der Waals surface area contributed by atoms with E-state index in [1.54, 1.807) is 0 Å². The van der Waals surface area contributed by atoms with Gasteiger partial charge in [-0.25, -0.2) is 0 Å². The van der Waals surface area contributed by atoms with Crippen molar-refractivity contribution in [1.29, 1.82) is 0 Å². The van der Waals surface area contributed by atoms with Crippen LogP contribution in [0.3, 0.4) is 0 Å². The summed E-state index contributed by atoms with van der Waals surface area (Å²) >= 11 is 0. The molecule has 0 spiro atoms. The number of nitrogens with one attached hydrogen (secondary N) is 1. The van der Waals surface area contributed by atoms with E-state index in [2.05, 4.69) is 16.1 Å². The second kappa shape index (κ2) is 6.97. The Morgan fingerprint density at radius 3 is 2.65 bits per heavy atom. The zero-order chi connectivity index (χ0) is 14.4. The molecule has 0 bridgehead atoms. The Balaban J connectivity index is 2.04. The van der Waals surface area contributed by atoms with Gasteiger partial charge in [0.2, 0.25) is 0 Å². The summed E-state index contributed by atoms with van der Waals surface area (Å²) in [7, 11) is 0. The summed E-state index contributed by atoms with van der Waals surface area (Å²) in [6.45, 7) is 6.66. The first-order valence-electron chi connectivity index (χ1n) is 7.04. The third-order valence-electron chi connectivity index (χ3n) is 3.50. The summed E-state index contributed by atoms with van der Waals surface area (Å²) in [5, 5.41) is 3.24.